The summed E-state index contributed by atoms with van der Waals surface area (Å²) in [7, 11) is -12.3. The van der Waals surface area contributed by atoms with E-state index in [4.69, 9.17) is 23.4 Å². The van der Waals surface area contributed by atoms with Crippen molar-refractivity contribution in [1.29, 1.82) is 0 Å². The van der Waals surface area contributed by atoms with Gasteiger partial charge in [-0.25, -0.2) is 29.8 Å². The first-order valence-electron chi connectivity index (χ1n) is 21.2. The average molecular weight is 969 g/mol. The second-order valence-electron chi connectivity index (χ2n) is 16.8. The highest BCUT2D eigenvalue weighted by molar-refractivity contribution is 7.86. The smallest absolute Gasteiger partial charge is 0.303 e. The number of carboxylic acid groups (broad SMARTS) is 1. The van der Waals surface area contributed by atoms with Gasteiger partial charge in [0.1, 0.15) is 34.8 Å². The predicted octanol–water partition coefficient (Wildman–Crippen LogP) is 3.85. The number of benzene rings is 2. The van der Waals surface area contributed by atoms with Crippen LogP contribution in [0.25, 0.3) is 17.4 Å². The molecule has 2 aliphatic heterocycles. The predicted molar refractivity (Wildman–Crippen MR) is 239 cm³/mol. The summed E-state index contributed by atoms with van der Waals surface area (Å²) in [4.78, 5) is 12.8. The zero-order chi connectivity index (χ0) is 48.1. The number of nitrogens with zero attached hydrogens (tertiary/aromatic N) is 2. The van der Waals surface area contributed by atoms with E-state index in [1.807, 2.05) is 49.6 Å². The minimum absolute atomic E-state index is 0.0324. The van der Waals surface area contributed by atoms with E-state index in [0.717, 1.165) is 17.2 Å². The second kappa shape index (κ2) is 23.6. The van der Waals surface area contributed by atoms with Crippen LogP contribution in [0.3, 0.4) is 0 Å². The highest BCUT2D eigenvalue weighted by atomic mass is 32.2. The fourth-order valence-electron chi connectivity index (χ4n) is 7.67. The Labute approximate surface area is 382 Å². The van der Waals surface area contributed by atoms with E-state index in [1.54, 1.807) is 37.2 Å². The third kappa shape index (κ3) is 16.7. The topological polar surface area (TPSA) is 265 Å². The normalized spacial score (nSPS) is 17.1. The van der Waals surface area contributed by atoms with Gasteiger partial charge in [0.25, 0.3) is 0 Å². The molecule has 1 aliphatic carbocycles. The van der Waals surface area contributed by atoms with E-state index in [-0.39, 0.29) is 57.2 Å². The van der Waals surface area contributed by atoms with Crippen molar-refractivity contribution in [3.63, 3.8) is 0 Å². The molecular formula is C44H60N2O16S3-2. The Morgan fingerprint density at radius 3 is 2.06 bits per heavy atom. The zero-order valence-corrected chi connectivity index (χ0v) is 39.9. The molecule has 21 heteroatoms. The van der Waals surface area contributed by atoms with Gasteiger partial charge in [-0.1, -0.05) is 26.8 Å². The Morgan fingerprint density at radius 1 is 0.831 bits per heavy atom. The number of rotatable bonds is 27. The largest absolute Gasteiger partial charge is 0.748 e. The molecule has 18 nitrogen and oxygen atoms in total. The van der Waals surface area contributed by atoms with Gasteiger partial charge in [-0.3, -0.25) is 4.79 Å². The molecule has 65 heavy (non-hydrogen) atoms. The van der Waals surface area contributed by atoms with Crippen molar-refractivity contribution in [1.82, 2.24) is 4.58 Å². The molecule has 0 bridgehead atoms. The van der Waals surface area contributed by atoms with Gasteiger partial charge in [0.15, 0.2) is 6.54 Å². The van der Waals surface area contributed by atoms with Gasteiger partial charge in [0.05, 0.1) is 70.8 Å². The molecule has 1 aromatic rings. The van der Waals surface area contributed by atoms with Gasteiger partial charge < -0.3 is 47.0 Å². The molecule has 4 rings (SSSR count). The Balaban J connectivity index is 1.75. The summed E-state index contributed by atoms with van der Waals surface area (Å²) in [5.74, 6) is -1.31. The second-order valence-corrected chi connectivity index (χ2v) is 21.2. The maximum absolute atomic E-state index is 12.1. The van der Waals surface area contributed by atoms with Crippen molar-refractivity contribution in [3.05, 3.63) is 82.6 Å². The van der Waals surface area contributed by atoms with Crippen LogP contribution >= 0.6 is 0 Å². The molecule has 0 saturated carbocycles. The summed E-state index contributed by atoms with van der Waals surface area (Å²) >= 11 is 0. The van der Waals surface area contributed by atoms with Crippen LogP contribution in [-0.4, -0.2) is 134 Å². The third-order valence-corrected chi connectivity index (χ3v) is 13.2. The van der Waals surface area contributed by atoms with Crippen molar-refractivity contribution in [2.24, 2.45) is 0 Å². The molecule has 362 valence electrons. The molecule has 0 amide bonds. The van der Waals surface area contributed by atoms with Gasteiger partial charge in [-0.05, 0) is 85.2 Å². The Bertz CT molecular complexity index is 2530. The van der Waals surface area contributed by atoms with Crippen molar-refractivity contribution < 1.29 is 72.2 Å². The molecule has 1 unspecified atom stereocenters. The molecule has 1 aromatic carbocycles. The van der Waals surface area contributed by atoms with Gasteiger partial charge >= 0.3 is 5.97 Å². The first-order valence-corrected chi connectivity index (χ1v) is 25.7. The standard InChI is InChI=1S/C44H62N2O16S3/c1-43(2,3)37-31-34(62-40-30-33(13-15-36(37)40)45(18-8-28-63(49,50)51)20-21-59-24-25-61-27-26-60-23-22-58-5)10-6-11-41-44(4,17-7-12-42(47)48)38-32-35(65(55,56)57)14-16-39(38)46(41)19-9-29-64(52,53)54/h6,10-11,13-16,30-32H,7-9,12,17-29H2,1-5H3,(H3-,47,48,49,50,51,52,53,54,55,56,57)/p-2. The van der Waals surface area contributed by atoms with Crippen molar-refractivity contribution >= 4 is 48.1 Å². The number of carboxylic acids is 1. The summed E-state index contributed by atoms with van der Waals surface area (Å²) < 4.78 is 136. The van der Waals surface area contributed by atoms with E-state index < -0.39 is 58.1 Å². The number of hydrogen-bond donors (Lipinski definition) is 1. The Kier molecular flexibility index (Phi) is 19.5. The van der Waals surface area contributed by atoms with E-state index in [2.05, 4.69) is 0 Å². The van der Waals surface area contributed by atoms with Gasteiger partial charge in [0, 0.05) is 66.4 Å². The first-order chi connectivity index (χ1) is 30.4. The number of allylic oxidation sites excluding steroid dienone is 3. The highest BCUT2D eigenvalue weighted by Gasteiger charge is 2.43. The van der Waals surface area contributed by atoms with Crippen molar-refractivity contribution in [2.45, 2.75) is 75.5 Å². The summed E-state index contributed by atoms with van der Waals surface area (Å²) in [6.45, 7) is 11.3. The fourth-order valence-corrected chi connectivity index (χ4v) is 9.13. The van der Waals surface area contributed by atoms with Crippen LogP contribution in [0.2, 0.25) is 0 Å². The number of carbonyl (C=O) groups is 1. The third-order valence-electron chi connectivity index (χ3n) is 10.8. The monoisotopic (exact) mass is 968 g/mol. The zero-order valence-electron chi connectivity index (χ0n) is 37.5. The first kappa shape index (κ1) is 53.6. The number of ether oxygens (including phenoxy) is 4. The molecule has 1 N–H and O–H groups in total. The van der Waals surface area contributed by atoms with E-state index in [0.29, 0.717) is 80.0 Å². The van der Waals surface area contributed by atoms with Crippen LogP contribution in [0.4, 0.5) is 5.69 Å². The minimum atomic E-state index is -4.89. The Hall–Kier alpha value is -4.03. The SMILES string of the molecule is COCCOCCOCCOCC[N+](CCCS(=O)(=O)[O-])=c1ccc2c(C(C)(C)C)cc(/C=C/C=C3/N(CCCS(=O)(=O)[O-])c4ccc(S(=O)(=O)[O-])cc4C3(C)CCCC(=O)O)oc-2c1. The number of hydrogen-bond acceptors (Lipinski definition) is 16. The molecule has 0 spiro atoms. The van der Waals surface area contributed by atoms with Crippen LogP contribution in [0.1, 0.15) is 76.7 Å². The summed E-state index contributed by atoms with van der Waals surface area (Å²) in [5, 5.41) is 10.2. The average Bonchev–Trinajstić information content (AvgIpc) is 3.42. The van der Waals surface area contributed by atoms with Crippen molar-refractivity contribution in [3.8, 4) is 11.3 Å². The van der Waals surface area contributed by atoms with E-state index in [9.17, 15) is 48.8 Å². The maximum atomic E-state index is 12.1. The lowest BCUT2D eigenvalue weighted by Crippen LogP contribution is -2.35. The molecular weight excluding hydrogens is 909 g/mol. The molecule has 0 saturated heterocycles. The molecule has 2 heterocycles. The van der Waals surface area contributed by atoms with Crippen LogP contribution in [0.5, 0.6) is 0 Å². The number of anilines is 1. The van der Waals surface area contributed by atoms with E-state index in [1.165, 1.54) is 12.1 Å². The Morgan fingerprint density at radius 2 is 1.46 bits per heavy atom. The number of methoxy groups -OCH3 is 1. The number of aliphatic carboxylic acids is 1. The summed E-state index contributed by atoms with van der Waals surface area (Å²) in [6, 6.07) is 11.4. The van der Waals surface area contributed by atoms with E-state index >= 15 is 0 Å². The molecule has 3 aliphatic rings. The number of fused-ring (bicyclic) bond motifs is 2. The lowest BCUT2D eigenvalue weighted by molar-refractivity contribution is -0.137. The molecule has 1 atom stereocenters. The van der Waals surface area contributed by atoms with Gasteiger partial charge in [-0.15, -0.1) is 0 Å². The maximum Gasteiger partial charge on any atom is 0.303 e. The van der Waals surface area contributed by atoms with Crippen LogP contribution in [0, 0.1) is 0 Å². The minimum Gasteiger partial charge on any atom is -0.748 e. The lowest BCUT2D eigenvalue weighted by Gasteiger charge is -2.30. The summed E-state index contributed by atoms with van der Waals surface area (Å²) in [6.07, 6.45) is 5.34. The summed E-state index contributed by atoms with van der Waals surface area (Å²) in [5.41, 5.74) is 1.79. The van der Waals surface area contributed by atoms with Crippen LogP contribution in [0.15, 0.2) is 69.6 Å². The van der Waals surface area contributed by atoms with Crippen molar-refractivity contribution in [2.75, 3.05) is 89.4 Å². The van der Waals surface area contributed by atoms with Gasteiger partial charge in [0.2, 0.25) is 5.36 Å². The molecule has 0 radical (unpaired) electrons. The highest BCUT2D eigenvalue weighted by Crippen LogP contribution is 2.51. The van der Waals surface area contributed by atoms with Gasteiger partial charge in [-0.2, -0.15) is 0 Å². The van der Waals surface area contributed by atoms with Crippen LogP contribution in [-0.2, 0) is 64.9 Å². The quantitative estimate of drug-likeness (QED) is 0.0646. The molecule has 0 aromatic heterocycles. The fraction of sp³-hybridized carbons (Fsp3) is 0.545. The lowest BCUT2D eigenvalue weighted by atomic mass is 9.77. The van der Waals surface area contributed by atoms with Crippen LogP contribution < -0.4 is 14.8 Å². The molecule has 0 fully saturated rings.